The number of hydrogen-bond acceptors (Lipinski definition) is 3. The van der Waals surface area contributed by atoms with Crippen LogP contribution in [-0.2, 0) is 12.8 Å². The summed E-state index contributed by atoms with van der Waals surface area (Å²) in [6, 6.07) is 15.9. The Morgan fingerprint density at radius 1 is 1.00 bits per heavy atom. The van der Waals surface area contributed by atoms with E-state index in [-0.39, 0.29) is 11.4 Å². The quantitative estimate of drug-likeness (QED) is 0.659. The normalized spacial score (nSPS) is 13.2. The molecule has 1 aliphatic rings. The predicted molar refractivity (Wildman–Crippen MR) is 105 cm³/mol. The molecule has 1 amide bonds. The molecular formula is C21H19F3N4O. The zero-order chi connectivity index (χ0) is 20.4. The lowest BCUT2D eigenvalue weighted by atomic mass is 10.2. The van der Waals surface area contributed by atoms with Gasteiger partial charge in [0, 0.05) is 11.3 Å². The molecule has 0 unspecified atom stereocenters. The smallest absolute Gasteiger partial charge is 0.375 e. The highest BCUT2D eigenvalue weighted by Gasteiger charge is 2.29. The fourth-order valence-corrected chi connectivity index (χ4v) is 3.53. The molecule has 0 spiro atoms. The van der Waals surface area contributed by atoms with E-state index in [0.717, 1.165) is 36.2 Å². The minimum absolute atomic E-state index is 0.206. The Kier molecular flexibility index (Phi) is 5.00. The largest absolute Gasteiger partial charge is 0.405 e. The summed E-state index contributed by atoms with van der Waals surface area (Å²) in [4.78, 5) is 12.9. The molecule has 1 heterocycles. The molecule has 2 N–H and O–H groups in total. The monoisotopic (exact) mass is 400 g/mol. The first-order valence-electron chi connectivity index (χ1n) is 9.29. The summed E-state index contributed by atoms with van der Waals surface area (Å²) in [5.41, 5.74) is 3.57. The van der Waals surface area contributed by atoms with Gasteiger partial charge in [0.05, 0.1) is 17.1 Å². The summed E-state index contributed by atoms with van der Waals surface area (Å²) in [5.74, 6) is -0.431. The second-order valence-corrected chi connectivity index (χ2v) is 6.84. The number of alkyl halides is 3. The van der Waals surface area contributed by atoms with Crippen molar-refractivity contribution in [2.45, 2.75) is 25.4 Å². The standard InChI is InChI=1S/C21H19F3N4O/c22-21(23,24)13-25-16-10-4-5-11-17(16)26-20(29)19-15-9-6-12-18(15)28(27-19)14-7-2-1-3-8-14/h1-5,7-8,10-11,25H,6,9,12-13H2,(H,26,29). The van der Waals surface area contributed by atoms with Gasteiger partial charge in [-0.15, -0.1) is 0 Å². The van der Waals surface area contributed by atoms with Gasteiger partial charge in [0.25, 0.3) is 5.91 Å². The summed E-state index contributed by atoms with van der Waals surface area (Å²) < 4.78 is 39.4. The van der Waals surface area contributed by atoms with Gasteiger partial charge in [-0.25, -0.2) is 4.68 Å². The van der Waals surface area contributed by atoms with E-state index >= 15 is 0 Å². The van der Waals surface area contributed by atoms with Gasteiger partial charge in [0.2, 0.25) is 0 Å². The van der Waals surface area contributed by atoms with Crippen molar-refractivity contribution in [1.82, 2.24) is 9.78 Å². The zero-order valence-corrected chi connectivity index (χ0v) is 15.5. The number of carbonyl (C=O) groups excluding carboxylic acids is 1. The minimum atomic E-state index is -4.35. The number of rotatable bonds is 5. The molecule has 29 heavy (non-hydrogen) atoms. The fraction of sp³-hybridized carbons (Fsp3) is 0.238. The van der Waals surface area contributed by atoms with E-state index in [0.29, 0.717) is 5.69 Å². The molecule has 5 nitrogen and oxygen atoms in total. The van der Waals surface area contributed by atoms with Crippen molar-refractivity contribution >= 4 is 17.3 Å². The maximum atomic E-state index is 12.9. The third-order valence-corrected chi connectivity index (χ3v) is 4.80. The summed E-state index contributed by atoms with van der Waals surface area (Å²) >= 11 is 0. The lowest BCUT2D eigenvalue weighted by Crippen LogP contribution is -2.22. The summed E-state index contributed by atoms with van der Waals surface area (Å²) in [5, 5.41) is 9.56. The Hall–Kier alpha value is -3.29. The van der Waals surface area contributed by atoms with Crippen LogP contribution in [0.2, 0.25) is 0 Å². The maximum Gasteiger partial charge on any atom is 0.405 e. The van der Waals surface area contributed by atoms with Crippen molar-refractivity contribution in [1.29, 1.82) is 0 Å². The second kappa shape index (κ2) is 7.62. The number of aromatic nitrogens is 2. The van der Waals surface area contributed by atoms with Gasteiger partial charge in [0.15, 0.2) is 5.69 Å². The number of amides is 1. The van der Waals surface area contributed by atoms with Crippen molar-refractivity contribution < 1.29 is 18.0 Å². The molecule has 0 aliphatic heterocycles. The van der Waals surface area contributed by atoms with Crippen LogP contribution >= 0.6 is 0 Å². The zero-order valence-electron chi connectivity index (χ0n) is 15.5. The molecular weight excluding hydrogens is 381 g/mol. The number of halogens is 3. The van der Waals surface area contributed by atoms with E-state index < -0.39 is 18.6 Å². The van der Waals surface area contributed by atoms with Crippen LogP contribution in [0.25, 0.3) is 5.69 Å². The summed E-state index contributed by atoms with van der Waals surface area (Å²) in [7, 11) is 0. The second-order valence-electron chi connectivity index (χ2n) is 6.84. The van der Waals surface area contributed by atoms with Crippen molar-refractivity contribution in [3.63, 3.8) is 0 Å². The topological polar surface area (TPSA) is 59.0 Å². The maximum absolute atomic E-state index is 12.9. The van der Waals surface area contributed by atoms with Gasteiger partial charge in [-0.3, -0.25) is 4.79 Å². The molecule has 1 aromatic heterocycles. The molecule has 0 bridgehead atoms. The first-order chi connectivity index (χ1) is 13.9. The number of hydrogen-bond donors (Lipinski definition) is 2. The number of nitrogens with one attached hydrogen (secondary N) is 2. The van der Waals surface area contributed by atoms with Crippen molar-refractivity contribution in [3.05, 3.63) is 71.5 Å². The summed E-state index contributed by atoms with van der Waals surface area (Å²) in [6.45, 7) is -1.18. The number of para-hydroxylation sites is 3. The predicted octanol–water partition coefficient (Wildman–Crippen LogP) is 4.59. The Balaban J connectivity index is 1.61. The third kappa shape index (κ3) is 4.11. The van der Waals surface area contributed by atoms with E-state index in [9.17, 15) is 18.0 Å². The highest BCUT2D eigenvalue weighted by atomic mass is 19.4. The molecule has 0 radical (unpaired) electrons. The Labute approximate surface area is 165 Å². The Morgan fingerprint density at radius 3 is 2.41 bits per heavy atom. The van der Waals surface area contributed by atoms with Crippen LogP contribution < -0.4 is 10.6 Å². The third-order valence-electron chi connectivity index (χ3n) is 4.80. The van der Waals surface area contributed by atoms with Gasteiger partial charge < -0.3 is 10.6 Å². The van der Waals surface area contributed by atoms with Crippen LogP contribution in [0.4, 0.5) is 24.5 Å². The number of benzene rings is 2. The molecule has 1 aliphatic carbocycles. The van der Waals surface area contributed by atoms with E-state index in [1.165, 1.54) is 6.07 Å². The first-order valence-corrected chi connectivity index (χ1v) is 9.29. The number of anilines is 2. The van der Waals surface area contributed by atoms with Crippen LogP contribution in [-0.4, -0.2) is 28.4 Å². The number of nitrogens with zero attached hydrogens (tertiary/aromatic N) is 2. The summed E-state index contributed by atoms with van der Waals surface area (Å²) in [6.07, 6.45) is -1.84. The van der Waals surface area contributed by atoms with E-state index in [4.69, 9.17) is 0 Å². The van der Waals surface area contributed by atoms with E-state index in [1.54, 1.807) is 22.9 Å². The van der Waals surface area contributed by atoms with Gasteiger partial charge >= 0.3 is 6.18 Å². The molecule has 0 saturated heterocycles. The lowest BCUT2D eigenvalue weighted by Gasteiger charge is -2.14. The van der Waals surface area contributed by atoms with Crippen LogP contribution in [0.1, 0.15) is 28.2 Å². The molecule has 0 atom stereocenters. The van der Waals surface area contributed by atoms with Crippen LogP contribution in [0, 0.1) is 0 Å². The first kappa shape index (κ1) is 19.0. The minimum Gasteiger partial charge on any atom is -0.375 e. The molecule has 4 rings (SSSR count). The number of fused-ring (bicyclic) bond motifs is 1. The van der Waals surface area contributed by atoms with E-state index in [2.05, 4.69) is 15.7 Å². The van der Waals surface area contributed by atoms with Crippen LogP contribution in [0.15, 0.2) is 54.6 Å². The Morgan fingerprint density at radius 2 is 1.69 bits per heavy atom. The molecule has 3 aromatic rings. The number of carbonyl (C=O) groups is 1. The Bertz CT molecular complexity index is 1030. The highest BCUT2D eigenvalue weighted by Crippen LogP contribution is 2.29. The molecule has 8 heteroatoms. The van der Waals surface area contributed by atoms with Crippen molar-refractivity contribution in [2.24, 2.45) is 0 Å². The fourth-order valence-electron chi connectivity index (χ4n) is 3.53. The highest BCUT2D eigenvalue weighted by molar-refractivity contribution is 6.05. The average molecular weight is 400 g/mol. The lowest BCUT2D eigenvalue weighted by molar-refractivity contribution is -0.115. The van der Waals surface area contributed by atoms with Gasteiger partial charge in [-0.05, 0) is 43.5 Å². The molecule has 2 aromatic carbocycles. The average Bonchev–Trinajstić information content (AvgIpc) is 3.30. The van der Waals surface area contributed by atoms with Gasteiger partial charge in [-0.2, -0.15) is 18.3 Å². The SMILES string of the molecule is O=C(Nc1ccccc1NCC(F)(F)F)c1nn(-c2ccccc2)c2c1CCC2. The van der Waals surface area contributed by atoms with E-state index in [1.807, 2.05) is 30.3 Å². The molecule has 0 saturated carbocycles. The van der Waals surface area contributed by atoms with Crippen molar-refractivity contribution in [3.8, 4) is 5.69 Å². The van der Waals surface area contributed by atoms with Gasteiger partial charge in [0.1, 0.15) is 6.54 Å². The van der Waals surface area contributed by atoms with Crippen LogP contribution in [0.5, 0.6) is 0 Å². The van der Waals surface area contributed by atoms with Gasteiger partial charge in [-0.1, -0.05) is 30.3 Å². The van der Waals surface area contributed by atoms with Crippen LogP contribution in [0.3, 0.4) is 0 Å². The molecule has 150 valence electrons. The van der Waals surface area contributed by atoms with Crippen molar-refractivity contribution in [2.75, 3.05) is 17.2 Å². The molecule has 0 fully saturated rings.